The highest BCUT2D eigenvalue weighted by Crippen LogP contribution is 2.22. The molecule has 2 N–H and O–H groups in total. The van der Waals surface area contributed by atoms with E-state index in [0.717, 1.165) is 57.3 Å². The van der Waals surface area contributed by atoms with Crippen LogP contribution in [0.2, 0.25) is 0 Å². The summed E-state index contributed by atoms with van der Waals surface area (Å²) in [7, 11) is 3.75. The van der Waals surface area contributed by atoms with Crippen LogP contribution in [0.3, 0.4) is 0 Å². The Morgan fingerprint density at radius 2 is 1.48 bits per heavy atom. The molecule has 3 rings (SSSR count). The molecule has 12 nitrogen and oxygen atoms in total. The highest BCUT2D eigenvalue weighted by atomic mass is 16.5. The molecule has 0 spiro atoms. The molecule has 0 aliphatic heterocycles. The van der Waals surface area contributed by atoms with Crippen LogP contribution in [-0.4, -0.2) is 102 Å². The van der Waals surface area contributed by atoms with Crippen LogP contribution in [0.15, 0.2) is 29.1 Å². The van der Waals surface area contributed by atoms with E-state index in [2.05, 4.69) is 51.0 Å². The van der Waals surface area contributed by atoms with Crippen LogP contribution in [0, 0.1) is 0 Å². The number of nitrogens with zero attached hydrogens (tertiary/aromatic N) is 5. The molecular formula is C40H65N7O5. The minimum absolute atomic E-state index is 0.0350. The van der Waals surface area contributed by atoms with Crippen LogP contribution in [0.25, 0.3) is 11.2 Å². The zero-order valence-corrected chi connectivity index (χ0v) is 32.4. The van der Waals surface area contributed by atoms with Crippen molar-refractivity contribution in [3.63, 3.8) is 0 Å². The largest absolute Gasteiger partial charge is 0.461 e. The molecule has 0 saturated heterocycles. The second-order valence-corrected chi connectivity index (χ2v) is 13.9. The average molecular weight is 724 g/mol. The Morgan fingerprint density at radius 1 is 0.846 bits per heavy atom. The number of aromatic amines is 1. The van der Waals surface area contributed by atoms with Gasteiger partial charge in [-0.25, -0.2) is 4.79 Å². The molecule has 52 heavy (non-hydrogen) atoms. The van der Waals surface area contributed by atoms with E-state index in [1.54, 1.807) is 31.4 Å². The lowest BCUT2D eigenvalue weighted by atomic mass is 10.1. The molecule has 3 aromatic rings. The summed E-state index contributed by atoms with van der Waals surface area (Å²) >= 11 is 0. The molecule has 1 amide bonds. The van der Waals surface area contributed by atoms with Crippen LogP contribution < -0.4 is 15.7 Å². The lowest BCUT2D eigenvalue weighted by Crippen LogP contribution is -2.29. The number of anilines is 1. The Kier molecular flexibility index (Phi) is 20.9. The smallest absolute Gasteiger partial charge is 0.328 e. The van der Waals surface area contributed by atoms with Crippen LogP contribution in [0.4, 0.5) is 5.82 Å². The third-order valence-electron chi connectivity index (χ3n) is 9.57. The molecule has 0 fully saturated rings. The van der Waals surface area contributed by atoms with E-state index in [0.29, 0.717) is 29.8 Å². The fourth-order valence-corrected chi connectivity index (χ4v) is 6.38. The maximum Gasteiger partial charge on any atom is 0.328 e. The average Bonchev–Trinajstić information content (AvgIpc) is 3.46. The maximum absolute atomic E-state index is 13.0. The summed E-state index contributed by atoms with van der Waals surface area (Å²) in [6.07, 6.45) is 18.8. The summed E-state index contributed by atoms with van der Waals surface area (Å²) in [4.78, 5) is 53.7. The lowest BCUT2D eigenvalue weighted by Gasteiger charge is -2.22. The van der Waals surface area contributed by atoms with E-state index in [1.807, 2.05) is 0 Å². The number of fused-ring (bicyclic) bond motifs is 1. The first-order valence-corrected chi connectivity index (χ1v) is 19.8. The fourth-order valence-electron chi connectivity index (χ4n) is 6.38. The van der Waals surface area contributed by atoms with Crippen LogP contribution in [-0.2, 0) is 16.1 Å². The molecule has 290 valence electrons. The van der Waals surface area contributed by atoms with Crippen molar-refractivity contribution in [1.82, 2.24) is 29.3 Å². The number of imidazole rings is 1. The normalized spacial score (nSPS) is 11.6. The number of hydrogen-bond acceptors (Lipinski definition) is 9. The third kappa shape index (κ3) is 16.0. The standard InChI is InChI=1S/C40H65N7O5/c1-5-7-8-9-10-11-12-13-14-18-27-46(6-2)28-19-26-45(3)25-17-15-16-20-35(49)41-37-36-38(44-39(43-37)52-30-29-51-4)47(40(50)42-36)31-33-21-23-34(32-48)24-22-33/h21-24,32H,5-20,25-31H2,1-4H3,(H,42,50)(H,41,43,44,49). The number of benzene rings is 1. The number of unbranched alkanes of at least 4 members (excludes halogenated alkanes) is 11. The zero-order valence-electron chi connectivity index (χ0n) is 32.4. The summed E-state index contributed by atoms with van der Waals surface area (Å²) in [5, 5.41) is 2.88. The Labute approximate surface area is 311 Å². The van der Waals surface area contributed by atoms with E-state index in [1.165, 1.54) is 81.7 Å². The van der Waals surface area contributed by atoms with Crippen LogP contribution in [0.1, 0.15) is 126 Å². The fraction of sp³-hybridized carbons (Fsp3) is 0.675. The predicted octanol–water partition coefficient (Wildman–Crippen LogP) is 7.07. The molecule has 12 heteroatoms. The number of aromatic nitrogens is 4. The van der Waals surface area contributed by atoms with E-state index in [-0.39, 0.29) is 30.9 Å². The first-order valence-electron chi connectivity index (χ1n) is 19.8. The zero-order chi connectivity index (χ0) is 37.4. The van der Waals surface area contributed by atoms with Gasteiger partial charge in [0.1, 0.15) is 18.4 Å². The molecule has 1 aromatic carbocycles. The molecule has 2 aromatic heterocycles. The minimum atomic E-state index is -0.395. The van der Waals surface area contributed by atoms with Gasteiger partial charge in [0.05, 0.1) is 13.2 Å². The molecule has 0 atom stereocenters. The van der Waals surface area contributed by atoms with Crippen molar-refractivity contribution in [2.24, 2.45) is 0 Å². The van der Waals surface area contributed by atoms with Crippen molar-refractivity contribution in [2.75, 3.05) is 65.4 Å². The quantitative estimate of drug-likeness (QED) is 0.0547. The van der Waals surface area contributed by atoms with Gasteiger partial charge in [0.2, 0.25) is 5.91 Å². The van der Waals surface area contributed by atoms with Gasteiger partial charge in [0, 0.05) is 19.1 Å². The number of methoxy groups -OCH3 is 1. The number of hydrogen-bond donors (Lipinski definition) is 2. The molecule has 0 unspecified atom stereocenters. The van der Waals surface area contributed by atoms with Crippen molar-refractivity contribution in [3.05, 3.63) is 45.9 Å². The number of carbonyl (C=O) groups excluding carboxylic acids is 2. The summed E-state index contributed by atoms with van der Waals surface area (Å²) in [5.74, 6) is 0.0138. The second-order valence-electron chi connectivity index (χ2n) is 13.9. The van der Waals surface area contributed by atoms with Crippen LogP contribution in [0.5, 0.6) is 6.01 Å². The van der Waals surface area contributed by atoms with E-state index >= 15 is 0 Å². The monoisotopic (exact) mass is 724 g/mol. The molecule has 0 aliphatic rings. The Balaban J connectivity index is 1.38. The SMILES string of the molecule is CCCCCCCCCCCCN(CC)CCCN(C)CCCCCC(=O)Nc1nc(OCCOC)nc2c1[nH]c(=O)n2Cc1ccc(C=O)cc1. The third-order valence-corrected chi connectivity index (χ3v) is 9.57. The van der Waals surface area contributed by atoms with Gasteiger partial charge in [-0.1, -0.05) is 102 Å². The van der Waals surface area contributed by atoms with Crippen molar-refractivity contribution >= 4 is 29.2 Å². The topological polar surface area (TPSA) is 135 Å². The van der Waals surface area contributed by atoms with Gasteiger partial charge in [-0.15, -0.1) is 0 Å². The summed E-state index contributed by atoms with van der Waals surface area (Å²) in [6, 6.07) is 7.00. The Bertz CT molecular complexity index is 1490. The van der Waals surface area contributed by atoms with Crippen molar-refractivity contribution < 1.29 is 19.1 Å². The summed E-state index contributed by atoms with van der Waals surface area (Å²) in [5.41, 5.74) is 1.60. The minimum Gasteiger partial charge on any atom is -0.461 e. The highest BCUT2D eigenvalue weighted by molar-refractivity contribution is 5.97. The van der Waals surface area contributed by atoms with Crippen molar-refractivity contribution in [3.8, 4) is 6.01 Å². The van der Waals surface area contributed by atoms with Crippen molar-refractivity contribution in [1.29, 1.82) is 0 Å². The van der Waals surface area contributed by atoms with Gasteiger partial charge in [-0.3, -0.25) is 14.2 Å². The van der Waals surface area contributed by atoms with E-state index in [9.17, 15) is 14.4 Å². The number of carbonyl (C=O) groups is 2. The Morgan fingerprint density at radius 3 is 2.15 bits per heavy atom. The first kappa shape index (κ1) is 42.8. The number of nitrogens with one attached hydrogen (secondary N) is 2. The highest BCUT2D eigenvalue weighted by Gasteiger charge is 2.18. The molecule has 0 bridgehead atoms. The summed E-state index contributed by atoms with van der Waals surface area (Å²) in [6.45, 7) is 10.9. The maximum atomic E-state index is 13.0. The van der Waals surface area contributed by atoms with Gasteiger partial charge >= 0.3 is 11.7 Å². The molecule has 0 aliphatic carbocycles. The van der Waals surface area contributed by atoms with Crippen LogP contribution >= 0.6 is 0 Å². The molecule has 0 radical (unpaired) electrons. The Hall–Kier alpha value is -3.61. The number of ether oxygens (including phenoxy) is 2. The van der Waals surface area contributed by atoms with E-state index < -0.39 is 5.69 Å². The lowest BCUT2D eigenvalue weighted by molar-refractivity contribution is -0.116. The number of rotatable bonds is 30. The van der Waals surface area contributed by atoms with Gasteiger partial charge in [0.25, 0.3) is 0 Å². The number of H-pyrrole nitrogens is 1. The molecular weight excluding hydrogens is 658 g/mol. The van der Waals surface area contributed by atoms with Gasteiger partial charge in [-0.2, -0.15) is 9.97 Å². The van der Waals surface area contributed by atoms with Crippen molar-refractivity contribution in [2.45, 2.75) is 117 Å². The predicted molar refractivity (Wildman–Crippen MR) is 210 cm³/mol. The van der Waals surface area contributed by atoms with Gasteiger partial charge in [-0.05, 0) is 71.0 Å². The summed E-state index contributed by atoms with van der Waals surface area (Å²) < 4.78 is 12.2. The van der Waals surface area contributed by atoms with Gasteiger partial charge in [0.15, 0.2) is 11.5 Å². The first-order chi connectivity index (χ1) is 25.4. The number of amides is 1. The number of aldehydes is 1. The van der Waals surface area contributed by atoms with E-state index in [4.69, 9.17) is 9.47 Å². The molecule has 0 saturated carbocycles. The van der Waals surface area contributed by atoms with Gasteiger partial charge < -0.3 is 29.6 Å². The second kappa shape index (κ2) is 25.4. The molecule has 2 heterocycles.